The average Bonchev–Trinajstić information content (AvgIpc) is 3.24. The number of unbranched alkanes of at least 4 members (excludes halogenated alkanes) is 29. The van der Waals surface area contributed by atoms with E-state index in [2.05, 4.69) is 55.6 Å². The number of hydrogen-bond acceptors (Lipinski definition) is 6. The predicted molar refractivity (Wildman–Crippen MR) is 270 cm³/mol. The molecule has 3 atom stereocenters. The number of aliphatic hydroxyl groups excluding tert-OH is 1. The van der Waals surface area contributed by atoms with Crippen molar-refractivity contribution in [3.63, 3.8) is 0 Å². The molecule has 63 heavy (non-hydrogen) atoms. The number of nitrogens with zero attached hydrogens (tertiary/aromatic N) is 1. The van der Waals surface area contributed by atoms with Crippen LogP contribution in [0.5, 0.6) is 0 Å². The molecule has 0 rings (SSSR count). The molecule has 0 heterocycles. The lowest BCUT2D eigenvalue weighted by Gasteiger charge is -2.29. The zero-order chi connectivity index (χ0) is 46.4. The number of phosphoric acid groups is 1. The Morgan fingerprint density at radius 2 is 0.937 bits per heavy atom. The Bertz CT molecular complexity index is 1170. The van der Waals surface area contributed by atoms with Gasteiger partial charge in [0.2, 0.25) is 5.91 Å². The minimum Gasteiger partial charge on any atom is -0.756 e. The van der Waals surface area contributed by atoms with Crippen LogP contribution in [-0.4, -0.2) is 68.5 Å². The van der Waals surface area contributed by atoms with E-state index in [1.54, 1.807) is 6.08 Å². The van der Waals surface area contributed by atoms with E-state index in [1.165, 1.54) is 167 Å². The molecule has 0 aliphatic heterocycles. The fourth-order valence-corrected chi connectivity index (χ4v) is 8.32. The topological polar surface area (TPSA) is 108 Å². The Morgan fingerprint density at radius 1 is 0.556 bits per heavy atom. The van der Waals surface area contributed by atoms with Crippen LogP contribution in [0, 0.1) is 0 Å². The molecule has 370 valence electrons. The largest absolute Gasteiger partial charge is 0.756 e. The molecule has 0 radical (unpaired) electrons. The van der Waals surface area contributed by atoms with E-state index in [1.807, 2.05) is 27.2 Å². The first kappa shape index (κ1) is 61.5. The molecule has 0 saturated heterocycles. The standard InChI is InChI=1S/C54H103N2O6P/c1-6-8-10-12-14-16-18-19-20-21-22-23-24-25-26-27-28-29-30-31-32-33-34-35-36-37-38-40-42-44-46-48-54(58)55-52(51-62-63(59,60)61-50-49-56(3,4)5)53(57)47-45-43-41-39-17-15-13-11-9-7-2/h9,11,17,21-22,39,45,47,52-53,57H,6-8,10,12-16,18-20,23-38,40-44,46,48-51H2,1-5H3,(H-,55,58,59,60)/b11-9+,22-21-,39-17+,47-45+. The maximum Gasteiger partial charge on any atom is 0.268 e. The van der Waals surface area contributed by atoms with Gasteiger partial charge in [0.25, 0.3) is 7.82 Å². The summed E-state index contributed by atoms with van der Waals surface area (Å²) in [6, 6.07) is -0.907. The Morgan fingerprint density at radius 3 is 1.37 bits per heavy atom. The third-order valence-electron chi connectivity index (χ3n) is 11.8. The fraction of sp³-hybridized carbons (Fsp3) is 0.833. The van der Waals surface area contributed by atoms with Crippen molar-refractivity contribution < 1.29 is 32.9 Å². The number of nitrogens with one attached hydrogen (secondary N) is 1. The van der Waals surface area contributed by atoms with E-state index >= 15 is 0 Å². The molecule has 9 heteroatoms. The average molecular weight is 907 g/mol. The second kappa shape index (κ2) is 45.6. The van der Waals surface area contributed by atoms with Gasteiger partial charge < -0.3 is 28.8 Å². The number of aliphatic hydroxyl groups is 1. The van der Waals surface area contributed by atoms with Gasteiger partial charge in [-0.25, -0.2) is 0 Å². The van der Waals surface area contributed by atoms with Gasteiger partial charge in [-0.05, 0) is 64.2 Å². The third-order valence-corrected chi connectivity index (χ3v) is 12.7. The summed E-state index contributed by atoms with van der Waals surface area (Å²) in [7, 11) is 1.23. The van der Waals surface area contributed by atoms with Crippen LogP contribution in [0.25, 0.3) is 0 Å². The molecule has 0 aliphatic carbocycles. The van der Waals surface area contributed by atoms with Gasteiger partial charge in [-0.2, -0.15) is 0 Å². The Balaban J connectivity index is 3.99. The highest BCUT2D eigenvalue weighted by molar-refractivity contribution is 7.45. The van der Waals surface area contributed by atoms with Crippen molar-refractivity contribution in [1.29, 1.82) is 0 Å². The summed E-state index contributed by atoms with van der Waals surface area (Å²) in [6.45, 7) is 4.50. The SMILES string of the molecule is CC/C=C/CC/C=C/CC/C=C/C(O)C(COP(=O)([O-])OCC[N+](C)(C)C)NC(=O)CCCCCCCCCCCCCCCCCCCCC/C=C\CCCCCCCCCC. The van der Waals surface area contributed by atoms with Crippen molar-refractivity contribution in [2.45, 2.75) is 251 Å². The van der Waals surface area contributed by atoms with E-state index < -0.39 is 26.6 Å². The summed E-state index contributed by atoms with van der Waals surface area (Å²) < 4.78 is 23.2. The van der Waals surface area contributed by atoms with E-state index in [-0.39, 0.29) is 12.5 Å². The van der Waals surface area contributed by atoms with Crippen molar-refractivity contribution in [3.05, 3.63) is 48.6 Å². The Hall–Kier alpha value is -1.54. The molecular formula is C54H103N2O6P. The first-order chi connectivity index (χ1) is 30.5. The highest BCUT2D eigenvalue weighted by Gasteiger charge is 2.23. The minimum absolute atomic E-state index is 0.00914. The third kappa shape index (κ3) is 48.2. The highest BCUT2D eigenvalue weighted by Crippen LogP contribution is 2.38. The van der Waals surface area contributed by atoms with E-state index in [0.717, 1.165) is 51.4 Å². The summed E-state index contributed by atoms with van der Waals surface area (Å²) >= 11 is 0. The number of allylic oxidation sites excluding steroid dienone is 7. The highest BCUT2D eigenvalue weighted by atomic mass is 31.2. The van der Waals surface area contributed by atoms with Crippen LogP contribution in [0.2, 0.25) is 0 Å². The van der Waals surface area contributed by atoms with Gasteiger partial charge >= 0.3 is 0 Å². The second-order valence-corrected chi connectivity index (χ2v) is 20.6. The molecule has 1 amide bonds. The molecule has 0 aromatic rings. The molecule has 0 bridgehead atoms. The fourth-order valence-electron chi connectivity index (χ4n) is 7.60. The summed E-state index contributed by atoms with van der Waals surface area (Å²) in [5.41, 5.74) is 0. The van der Waals surface area contributed by atoms with Crippen molar-refractivity contribution in [2.24, 2.45) is 0 Å². The van der Waals surface area contributed by atoms with Gasteiger partial charge in [-0.3, -0.25) is 9.36 Å². The van der Waals surface area contributed by atoms with Gasteiger partial charge in [0.05, 0.1) is 39.9 Å². The lowest BCUT2D eigenvalue weighted by Crippen LogP contribution is -2.45. The molecule has 0 fully saturated rings. The number of phosphoric ester groups is 1. The van der Waals surface area contributed by atoms with Gasteiger partial charge in [0.15, 0.2) is 0 Å². The molecule has 8 nitrogen and oxygen atoms in total. The number of likely N-dealkylation sites (N-methyl/N-ethyl adjacent to an activating group) is 1. The number of hydrogen-bond donors (Lipinski definition) is 2. The smallest absolute Gasteiger partial charge is 0.268 e. The molecule has 2 N–H and O–H groups in total. The summed E-state index contributed by atoms with van der Waals surface area (Å²) in [5, 5.41) is 13.7. The van der Waals surface area contributed by atoms with E-state index in [4.69, 9.17) is 9.05 Å². The van der Waals surface area contributed by atoms with Crippen LogP contribution in [0.1, 0.15) is 239 Å². The lowest BCUT2D eigenvalue weighted by atomic mass is 10.0. The molecule has 0 aliphatic rings. The van der Waals surface area contributed by atoms with Crippen LogP contribution >= 0.6 is 7.82 Å². The Labute approximate surface area is 390 Å². The maximum atomic E-state index is 12.9. The normalized spacial score (nSPS) is 14.5. The molecule has 0 saturated carbocycles. The number of quaternary nitrogens is 1. The van der Waals surface area contributed by atoms with Crippen molar-refractivity contribution in [3.8, 4) is 0 Å². The summed E-state index contributed by atoms with van der Waals surface area (Å²) in [5.74, 6) is -0.212. The number of carbonyl (C=O) groups is 1. The van der Waals surface area contributed by atoms with Crippen LogP contribution < -0.4 is 10.2 Å². The molecular weight excluding hydrogens is 804 g/mol. The van der Waals surface area contributed by atoms with Crippen LogP contribution in [0.3, 0.4) is 0 Å². The number of carbonyl (C=O) groups excluding carboxylic acids is 1. The van der Waals surface area contributed by atoms with Gasteiger partial charge in [-0.15, -0.1) is 0 Å². The predicted octanol–water partition coefficient (Wildman–Crippen LogP) is 15.0. The number of amides is 1. The van der Waals surface area contributed by atoms with E-state index in [0.29, 0.717) is 17.4 Å². The van der Waals surface area contributed by atoms with Crippen LogP contribution in [0.4, 0.5) is 0 Å². The number of rotatable bonds is 48. The summed E-state index contributed by atoms with van der Waals surface area (Å²) in [6.07, 6.45) is 59.3. The summed E-state index contributed by atoms with van der Waals surface area (Å²) in [4.78, 5) is 25.3. The zero-order valence-corrected chi connectivity index (χ0v) is 42.9. The lowest BCUT2D eigenvalue weighted by molar-refractivity contribution is -0.870. The zero-order valence-electron chi connectivity index (χ0n) is 42.0. The van der Waals surface area contributed by atoms with E-state index in [9.17, 15) is 19.4 Å². The molecule has 3 unspecified atom stereocenters. The van der Waals surface area contributed by atoms with Crippen molar-refractivity contribution in [2.75, 3.05) is 40.9 Å². The monoisotopic (exact) mass is 907 g/mol. The van der Waals surface area contributed by atoms with Crippen molar-refractivity contribution >= 4 is 13.7 Å². The minimum atomic E-state index is -4.60. The van der Waals surface area contributed by atoms with Crippen molar-refractivity contribution in [1.82, 2.24) is 5.32 Å². The first-order valence-electron chi connectivity index (χ1n) is 26.5. The van der Waals surface area contributed by atoms with Gasteiger partial charge in [0, 0.05) is 6.42 Å². The van der Waals surface area contributed by atoms with Gasteiger partial charge in [0.1, 0.15) is 13.2 Å². The van der Waals surface area contributed by atoms with Gasteiger partial charge in [-0.1, -0.05) is 217 Å². The second-order valence-electron chi connectivity index (χ2n) is 19.2. The van der Waals surface area contributed by atoms with Crippen LogP contribution in [0.15, 0.2) is 48.6 Å². The Kier molecular flexibility index (Phi) is 44.5. The molecule has 0 spiro atoms. The molecule has 0 aromatic carbocycles. The quantitative estimate of drug-likeness (QED) is 0.0272. The van der Waals surface area contributed by atoms with Crippen LogP contribution in [-0.2, 0) is 18.4 Å². The first-order valence-corrected chi connectivity index (χ1v) is 28.0. The maximum absolute atomic E-state index is 12.9. The molecule has 0 aromatic heterocycles.